The van der Waals surface area contributed by atoms with Crippen molar-refractivity contribution in [3.63, 3.8) is 0 Å². The highest BCUT2D eigenvalue weighted by molar-refractivity contribution is 5.81. The van der Waals surface area contributed by atoms with Crippen molar-refractivity contribution < 1.29 is 4.79 Å². The van der Waals surface area contributed by atoms with Crippen molar-refractivity contribution in [3.05, 3.63) is 0 Å². The van der Waals surface area contributed by atoms with Crippen LogP contribution in [0.3, 0.4) is 0 Å². The molecule has 4 heteroatoms. The molecule has 1 fully saturated rings. The van der Waals surface area contributed by atoms with Gasteiger partial charge in [0.2, 0.25) is 5.91 Å². The van der Waals surface area contributed by atoms with Crippen molar-refractivity contribution in [3.8, 4) is 0 Å². The fourth-order valence-corrected chi connectivity index (χ4v) is 1.65. The Morgan fingerprint density at radius 3 is 2.87 bits per heavy atom. The number of nitrogens with one attached hydrogen (secondary N) is 2. The predicted molar refractivity (Wildman–Crippen MR) is 61.8 cm³/mol. The molecule has 0 aliphatic carbocycles. The van der Waals surface area contributed by atoms with Crippen LogP contribution in [-0.2, 0) is 4.79 Å². The summed E-state index contributed by atoms with van der Waals surface area (Å²) in [6.07, 6.45) is 2.09. The average Bonchev–Trinajstić information content (AvgIpc) is 2.70. The molecule has 0 aromatic rings. The summed E-state index contributed by atoms with van der Waals surface area (Å²) in [5.74, 6) is 0.157. The van der Waals surface area contributed by atoms with Gasteiger partial charge in [-0.25, -0.2) is 0 Å². The molecule has 0 unspecified atom stereocenters. The molecular formula is C11H23N3O. The van der Waals surface area contributed by atoms with E-state index in [1.54, 1.807) is 0 Å². The summed E-state index contributed by atoms with van der Waals surface area (Å²) in [5.41, 5.74) is 0. The first-order valence-corrected chi connectivity index (χ1v) is 5.82. The van der Waals surface area contributed by atoms with Crippen LogP contribution in [0.2, 0.25) is 0 Å². The molecule has 1 amide bonds. The van der Waals surface area contributed by atoms with E-state index >= 15 is 0 Å². The Bertz CT molecular complexity index is 200. The lowest BCUT2D eigenvalue weighted by atomic mass is 10.2. The quantitative estimate of drug-likeness (QED) is 0.685. The molecule has 1 heterocycles. The molecule has 0 aromatic carbocycles. The maximum Gasteiger partial charge on any atom is 0.237 e. The number of rotatable bonds is 5. The van der Waals surface area contributed by atoms with Crippen LogP contribution in [0.1, 0.15) is 26.7 Å². The molecule has 2 N–H and O–H groups in total. The van der Waals surface area contributed by atoms with Crippen LogP contribution in [0.15, 0.2) is 0 Å². The molecule has 1 saturated heterocycles. The van der Waals surface area contributed by atoms with Gasteiger partial charge in [0.15, 0.2) is 0 Å². The second-order valence-electron chi connectivity index (χ2n) is 4.51. The van der Waals surface area contributed by atoms with Gasteiger partial charge in [0.05, 0.1) is 6.04 Å². The third kappa shape index (κ3) is 4.18. The summed E-state index contributed by atoms with van der Waals surface area (Å²) in [5, 5.41) is 6.16. The standard InChI is InChI=1S/C11H23N3O/c1-9(2)14(3)8-7-13-11(15)10-5-4-6-12-10/h9-10,12H,4-8H2,1-3H3,(H,13,15)/t10-/m1/s1. The van der Waals surface area contributed by atoms with E-state index in [2.05, 4.69) is 36.4 Å². The smallest absolute Gasteiger partial charge is 0.237 e. The monoisotopic (exact) mass is 213 g/mol. The molecule has 1 aliphatic rings. The zero-order chi connectivity index (χ0) is 11.3. The maximum absolute atomic E-state index is 11.6. The number of hydrogen-bond donors (Lipinski definition) is 2. The van der Waals surface area contributed by atoms with Gasteiger partial charge in [-0.05, 0) is 40.3 Å². The first-order valence-electron chi connectivity index (χ1n) is 5.82. The highest BCUT2D eigenvalue weighted by Crippen LogP contribution is 2.04. The fourth-order valence-electron chi connectivity index (χ4n) is 1.65. The van der Waals surface area contributed by atoms with E-state index in [9.17, 15) is 4.79 Å². The number of amides is 1. The number of hydrogen-bond acceptors (Lipinski definition) is 3. The first-order chi connectivity index (χ1) is 7.11. The number of likely N-dealkylation sites (N-methyl/N-ethyl adjacent to an activating group) is 1. The van der Waals surface area contributed by atoms with E-state index in [1.807, 2.05) is 0 Å². The number of carbonyl (C=O) groups is 1. The molecule has 0 saturated carbocycles. The lowest BCUT2D eigenvalue weighted by molar-refractivity contribution is -0.122. The van der Waals surface area contributed by atoms with Gasteiger partial charge < -0.3 is 15.5 Å². The molecule has 0 bridgehead atoms. The van der Waals surface area contributed by atoms with Gasteiger partial charge in [0.1, 0.15) is 0 Å². The van der Waals surface area contributed by atoms with Crippen molar-refractivity contribution in [1.82, 2.24) is 15.5 Å². The van der Waals surface area contributed by atoms with Crippen LogP contribution in [0.25, 0.3) is 0 Å². The molecule has 1 aliphatic heterocycles. The van der Waals surface area contributed by atoms with Gasteiger partial charge in [0.25, 0.3) is 0 Å². The second kappa shape index (κ2) is 6.08. The van der Waals surface area contributed by atoms with E-state index in [1.165, 1.54) is 0 Å². The molecule has 0 spiro atoms. The topological polar surface area (TPSA) is 44.4 Å². The Labute approximate surface area is 92.4 Å². The Morgan fingerprint density at radius 1 is 1.60 bits per heavy atom. The Hall–Kier alpha value is -0.610. The Morgan fingerprint density at radius 2 is 2.33 bits per heavy atom. The van der Waals surface area contributed by atoms with Gasteiger partial charge in [0, 0.05) is 19.1 Å². The first kappa shape index (κ1) is 12.5. The van der Waals surface area contributed by atoms with Gasteiger partial charge in [-0.2, -0.15) is 0 Å². The SMILES string of the molecule is CC(C)N(C)CCNC(=O)[C@H]1CCCN1. The summed E-state index contributed by atoms with van der Waals surface area (Å²) in [7, 11) is 2.07. The molecule has 1 rings (SSSR count). The zero-order valence-electron chi connectivity index (χ0n) is 10.0. The highest BCUT2D eigenvalue weighted by Gasteiger charge is 2.21. The summed E-state index contributed by atoms with van der Waals surface area (Å²) in [4.78, 5) is 13.8. The molecule has 0 radical (unpaired) electrons. The van der Waals surface area contributed by atoms with Crippen LogP contribution in [0, 0.1) is 0 Å². The van der Waals surface area contributed by atoms with E-state index in [0.717, 1.165) is 32.5 Å². The molecular weight excluding hydrogens is 190 g/mol. The molecule has 15 heavy (non-hydrogen) atoms. The maximum atomic E-state index is 11.6. The normalized spacial score (nSPS) is 21.3. The summed E-state index contributed by atoms with van der Waals surface area (Å²) in [6.45, 7) is 6.94. The van der Waals surface area contributed by atoms with E-state index in [0.29, 0.717) is 6.04 Å². The highest BCUT2D eigenvalue weighted by atomic mass is 16.2. The average molecular weight is 213 g/mol. The molecule has 88 valence electrons. The van der Waals surface area contributed by atoms with Crippen molar-refractivity contribution in [1.29, 1.82) is 0 Å². The van der Waals surface area contributed by atoms with Crippen molar-refractivity contribution >= 4 is 5.91 Å². The minimum absolute atomic E-state index is 0.0503. The summed E-state index contributed by atoms with van der Waals surface area (Å²) >= 11 is 0. The van der Waals surface area contributed by atoms with Crippen LogP contribution in [-0.4, -0.2) is 49.6 Å². The van der Waals surface area contributed by atoms with Crippen LogP contribution >= 0.6 is 0 Å². The van der Waals surface area contributed by atoms with Gasteiger partial charge in [-0.1, -0.05) is 0 Å². The molecule has 4 nitrogen and oxygen atoms in total. The van der Waals surface area contributed by atoms with Gasteiger partial charge >= 0.3 is 0 Å². The molecule has 1 atom stereocenters. The zero-order valence-corrected chi connectivity index (χ0v) is 10.0. The largest absolute Gasteiger partial charge is 0.353 e. The number of nitrogens with zero attached hydrogens (tertiary/aromatic N) is 1. The third-order valence-corrected chi connectivity index (χ3v) is 3.02. The number of carbonyl (C=O) groups excluding carboxylic acids is 1. The van der Waals surface area contributed by atoms with E-state index in [4.69, 9.17) is 0 Å². The van der Waals surface area contributed by atoms with Crippen LogP contribution in [0.5, 0.6) is 0 Å². The van der Waals surface area contributed by atoms with Gasteiger partial charge in [-0.3, -0.25) is 4.79 Å². The van der Waals surface area contributed by atoms with Crippen molar-refractivity contribution in [2.45, 2.75) is 38.8 Å². The Kier molecular flexibility index (Phi) is 5.05. The lowest BCUT2D eigenvalue weighted by Crippen LogP contribution is -2.43. The van der Waals surface area contributed by atoms with E-state index in [-0.39, 0.29) is 11.9 Å². The molecule has 0 aromatic heterocycles. The summed E-state index contributed by atoms with van der Waals surface area (Å²) < 4.78 is 0. The van der Waals surface area contributed by atoms with E-state index < -0.39 is 0 Å². The third-order valence-electron chi connectivity index (χ3n) is 3.02. The van der Waals surface area contributed by atoms with Crippen LogP contribution in [0.4, 0.5) is 0 Å². The second-order valence-corrected chi connectivity index (χ2v) is 4.51. The fraction of sp³-hybridized carbons (Fsp3) is 0.909. The van der Waals surface area contributed by atoms with Crippen LogP contribution < -0.4 is 10.6 Å². The summed E-state index contributed by atoms with van der Waals surface area (Å²) in [6, 6.07) is 0.584. The van der Waals surface area contributed by atoms with Gasteiger partial charge in [-0.15, -0.1) is 0 Å². The lowest BCUT2D eigenvalue weighted by Gasteiger charge is -2.21. The van der Waals surface area contributed by atoms with Crippen molar-refractivity contribution in [2.75, 3.05) is 26.7 Å². The minimum Gasteiger partial charge on any atom is -0.353 e. The predicted octanol–water partition coefficient (Wildman–Crippen LogP) is 0.195. The minimum atomic E-state index is 0.0503. The Balaban J connectivity index is 2.11. The van der Waals surface area contributed by atoms with Crippen molar-refractivity contribution in [2.24, 2.45) is 0 Å².